The highest BCUT2D eigenvalue weighted by Gasteiger charge is 2.14. The van der Waals surface area contributed by atoms with Crippen molar-refractivity contribution < 1.29 is 9.32 Å². The van der Waals surface area contributed by atoms with Crippen LogP contribution >= 0.6 is 11.6 Å². The first kappa shape index (κ1) is 13.4. The average molecular weight is 281 g/mol. The quantitative estimate of drug-likeness (QED) is 0.900. The summed E-state index contributed by atoms with van der Waals surface area (Å²) in [6, 6.07) is 3.21. The normalized spacial score (nSPS) is 10.3. The molecule has 0 aliphatic rings. The third-order valence-corrected chi connectivity index (χ3v) is 2.62. The van der Waals surface area contributed by atoms with Gasteiger partial charge in [0.25, 0.3) is 5.91 Å². The molecule has 0 saturated carbocycles. The molecule has 2 rings (SSSR count). The zero-order chi connectivity index (χ0) is 13.8. The predicted molar refractivity (Wildman–Crippen MR) is 72.6 cm³/mol. The number of anilines is 2. The molecule has 0 aromatic carbocycles. The van der Waals surface area contributed by atoms with E-state index < -0.39 is 0 Å². The highest BCUT2D eigenvalue weighted by atomic mass is 35.5. The molecule has 2 aromatic rings. The fourth-order valence-electron chi connectivity index (χ4n) is 1.49. The summed E-state index contributed by atoms with van der Waals surface area (Å²) >= 11 is 5.97. The molecule has 1 amide bonds. The summed E-state index contributed by atoms with van der Waals surface area (Å²) in [6.07, 6.45) is 1.43. The number of nitrogens with zero attached hydrogens (tertiary/aromatic N) is 2. The van der Waals surface area contributed by atoms with Gasteiger partial charge < -0.3 is 9.84 Å². The van der Waals surface area contributed by atoms with Crippen molar-refractivity contribution >= 4 is 29.2 Å². The number of pyridine rings is 1. The van der Waals surface area contributed by atoms with Crippen molar-refractivity contribution in [2.75, 3.05) is 17.2 Å². The smallest absolute Gasteiger partial charge is 0.259 e. The number of aryl methyl sites for hydroxylation is 1. The van der Waals surface area contributed by atoms with Gasteiger partial charge in [-0.2, -0.15) is 0 Å². The van der Waals surface area contributed by atoms with Crippen molar-refractivity contribution in [3.8, 4) is 0 Å². The van der Waals surface area contributed by atoms with Gasteiger partial charge in [0.2, 0.25) is 5.88 Å². The minimum Gasteiger partial charge on any atom is -0.370 e. The summed E-state index contributed by atoms with van der Waals surface area (Å²) < 4.78 is 4.92. The molecule has 100 valence electrons. The first-order chi connectivity index (χ1) is 9.10. The molecule has 6 nitrogen and oxygen atoms in total. The standard InChI is InChI=1S/C12H13ClN4O2/c1-3-14-10-5-8(9(13)6-15-10)12(18)16-11-4-7(2)17-19-11/h4-6H,3H2,1-2H3,(H,14,15)(H,16,18). The Balaban J connectivity index is 2.20. The van der Waals surface area contributed by atoms with Gasteiger partial charge in [-0.1, -0.05) is 16.8 Å². The van der Waals surface area contributed by atoms with E-state index in [9.17, 15) is 4.79 Å². The number of hydrogen-bond donors (Lipinski definition) is 2. The second kappa shape index (κ2) is 5.71. The Morgan fingerprint density at radius 1 is 1.47 bits per heavy atom. The number of carbonyl (C=O) groups is 1. The Labute approximate surface area is 115 Å². The lowest BCUT2D eigenvalue weighted by atomic mass is 10.2. The van der Waals surface area contributed by atoms with Crippen LogP contribution < -0.4 is 10.6 Å². The average Bonchev–Trinajstić information content (AvgIpc) is 2.77. The van der Waals surface area contributed by atoms with Gasteiger partial charge in [-0.15, -0.1) is 0 Å². The number of amides is 1. The minimum atomic E-state index is -0.372. The van der Waals surface area contributed by atoms with E-state index in [0.717, 1.165) is 0 Å². The van der Waals surface area contributed by atoms with E-state index in [0.29, 0.717) is 23.6 Å². The number of aromatic nitrogens is 2. The number of hydrogen-bond acceptors (Lipinski definition) is 5. The molecule has 0 saturated heterocycles. The Morgan fingerprint density at radius 2 is 2.26 bits per heavy atom. The van der Waals surface area contributed by atoms with Crippen molar-refractivity contribution in [2.45, 2.75) is 13.8 Å². The molecule has 7 heteroatoms. The molecular formula is C12H13ClN4O2. The summed E-state index contributed by atoms with van der Waals surface area (Å²) in [6.45, 7) is 4.41. The van der Waals surface area contributed by atoms with Gasteiger partial charge in [-0.3, -0.25) is 10.1 Å². The number of rotatable bonds is 4. The van der Waals surface area contributed by atoms with Crippen molar-refractivity contribution in [1.82, 2.24) is 10.1 Å². The minimum absolute atomic E-state index is 0.274. The summed E-state index contributed by atoms with van der Waals surface area (Å²) in [5.41, 5.74) is 1.01. The zero-order valence-corrected chi connectivity index (χ0v) is 11.3. The molecule has 0 atom stereocenters. The van der Waals surface area contributed by atoms with Crippen molar-refractivity contribution in [2.24, 2.45) is 0 Å². The summed E-state index contributed by atoms with van der Waals surface area (Å²) in [5, 5.41) is 9.55. The second-order valence-electron chi connectivity index (χ2n) is 3.87. The van der Waals surface area contributed by atoms with Crippen LogP contribution in [0.5, 0.6) is 0 Å². The maximum absolute atomic E-state index is 12.1. The topological polar surface area (TPSA) is 80.0 Å². The molecule has 0 aliphatic heterocycles. The Bertz CT molecular complexity index is 597. The van der Waals surface area contributed by atoms with Crippen LogP contribution in [0.2, 0.25) is 5.02 Å². The van der Waals surface area contributed by atoms with E-state index in [-0.39, 0.29) is 16.8 Å². The van der Waals surface area contributed by atoms with Crippen LogP contribution in [0.4, 0.5) is 11.7 Å². The molecule has 0 spiro atoms. The van der Waals surface area contributed by atoms with Gasteiger partial charge in [0.05, 0.1) is 16.3 Å². The van der Waals surface area contributed by atoms with Crippen molar-refractivity contribution in [3.05, 3.63) is 34.6 Å². The second-order valence-corrected chi connectivity index (χ2v) is 4.27. The lowest BCUT2D eigenvalue weighted by Gasteiger charge is -2.07. The first-order valence-electron chi connectivity index (χ1n) is 5.74. The van der Waals surface area contributed by atoms with Crippen LogP contribution in [0, 0.1) is 6.92 Å². The highest BCUT2D eigenvalue weighted by Crippen LogP contribution is 2.20. The van der Waals surface area contributed by atoms with Crippen LogP contribution in [0.25, 0.3) is 0 Å². The fourth-order valence-corrected chi connectivity index (χ4v) is 1.68. The Morgan fingerprint density at radius 3 is 2.89 bits per heavy atom. The molecular weight excluding hydrogens is 268 g/mol. The first-order valence-corrected chi connectivity index (χ1v) is 6.12. The fraction of sp³-hybridized carbons (Fsp3) is 0.250. The Kier molecular flexibility index (Phi) is 4.01. The van der Waals surface area contributed by atoms with E-state index in [2.05, 4.69) is 20.8 Å². The SMILES string of the molecule is CCNc1cc(C(=O)Nc2cc(C)no2)c(Cl)cn1. The summed E-state index contributed by atoms with van der Waals surface area (Å²) in [5.74, 6) is 0.494. The van der Waals surface area contributed by atoms with E-state index in [1.54, 1.807) is 19.1 Å². The van der Waals surface area contributed by atoms with Crippen molar-refractivity contribution in [3.63, 3.8) is 0 Å². The molecule has 19 heavy (non-hydrogen) atoms. The summed E-state index contributed by atoms with van der Waals surface area (Å²) in [4.78, 5) is 16.1. The molecule has 2 aromatic heterocycles. The highest BCUT2D eigenvalue weighted by molar-refractivity contribution is 6.34. The molecule has 2 heterocycles. The van der Waals surface area contributed by atoms with Crippen LogP contribution in [0.1, 0.15) is 23.0 Å². The largest absolute Gasteiger partial charge is 0.370 e. The van der Waals surface area contributed by atoms with E-state index in [1.807, 2.05) is 6.92 Å². The van der Waals surface area contributed by atoms with E-state index in [4.69, 9.17) is 16.1 Å². The number of carbonyl (C=O) groups excluding carboxylic acids is 1. The van der Waals surface area contributed by atoms with Gasteiger partial charge in [-0.25, -0.2) is 4.98 Å². The number of halogens is 1. The van der Waals surface area contributed by atoms with Gasteiger partial charge in [-0.05, 0) is 19.9 Å². The van der Waals surface area contributed by atoms with Crippen LogP contribution in [-0.4, -0.2) is 22.6 Å². The van der Waals surface area contributed by atoms with Gasteiger partial charge >= 0.3 is 0 Å². The van der Waals surface area contributed by atoms with Gasteiger partial charge in [0.15, 0.2) is 0 Å². The molecule has 0 unspecified atom stereocenters. The third kappa shape index (κ3) is 3.23. The predicted octanol–water partition coefficient (Wildman–Crippen LogP) is 2.72. The lowest BCUT2D eigenvalue weighted by Crippen LogP contribution is -2.13. The molecule has 0 bridgehead atoms. The van der Waals surface area contributed by atoms with Crippen LogP contribution in [-0.2, 0) is 0 Å². The van der Waals surface area contributed by atoms with Gasteiger partial charge in [0, 0.05) is 18.8 Å². The maximum atomic E-state index is 12.1. The third-order valence-electron chi connectivity index (χ3n) is 2.32. The molecule has 2 N–H and O–H groups in total. The Hall–Kier alpha value is -2.08. The van der Waals surface area contributed by atoms with Crippen LogP contribution in [0.15, 0.2) is 22.9 Å². The monoisotopic (exact) mass is 280 g/mol. The maximum Gasteiger partial charge on any atom is 0.259 e. The van der Waals surface area contributed by atoms with Gasteiger partial charge in [0.1, 0.15) is 5.82 Å². The zero-order valence-electron chi connectivity index (χ0n) is 10.5. The molecule has 0 radical (unpaired) electrons. The summed E-state index contributed by atoms with van der Waals surface area (Å²) in [7, 11) is 0. The number of nitrogens with one attached hydrogen (secondary N) is 2. The van der Waals surface area contributed by atoms with E-state index >= 15 is 0 Å². The molecule has 0 fully saturated rings. The van der Waals surface area contributed by atoms with E-state index in [1.165, 1.54) is 6.20 Å². The van der Waals surface area contributed by atoms with Crippen LogP contribution in [0.3, 0.4) is 0 Å². The molecule has 0 aliphatic carbocycles. The lowest BCUT2D eigenvalue weighted by molar-refractivity contribution is 0.102. The van der Waals surface area contributed by atoms with Crippen molar-refractivity contribution in [1.29, 1.82) is 0 Å².